The molecule has 0 bridgehead atoms. The molecule has 0 aliphatic carbocycles. The van der Waals surface area contributed by atoms with Gasteiger partial charge in [-0.1, -0.05) is 53.9 Å². The van der Waals surface area contributed by atoms with Crippen molar-refractivity contribution in [1.82, 2.24) is 4.90 Å². The molecule has 2 aromatic rings. The number of thiophene rings is 1. The van der Waals surface area contributed by atoms with Crippen molar-refractivity contribution in [2.75, 3.05) is 13.1 Å². The lowest BCUT2D eigenvalue weighted by molar-refractivity contribution is -0.133. The Morgan fingerprint density at radius 1 is 1.16 bits per heavy atom. The molecule has 1 amide bonds. The molecule has 9 heteroatoms. The highest BCUT2D eigenvalue weighted by Gasteiger charge is 2.27. The van der Waals surface area contributed by atoms with Crippen molar-refractivity contribution < 1.29 is 9.59 Å². The molecular weight excluding hydrogens is 489 g/mol. The van der Waals surface area contributed by atoms with Gasteiger partial charge in [0, 0.05) is 24.0 Å². The summed E-state index contributed by atoms with van der Waals surface area (Å²) in [5.74, 6) is -1.69. The maximum Gasteiger partial charge on any atom is 0.231 e. The Labute approximate surface area is 206 Å². The number of Topliss-reactive ketones (excluding diaryl/α,β-unsaturated/α-hetero) is 1. The van der Waals surface area contributed by atoms with Crippen LogP contribution in [0.3, 0.4) is 0 Å². The molecule has 0 spiro atoms. The molecule has 0 fully saturated rings. The van der Waals surface area contributed by atoms with E-state index in [9.17, 15) is 9.59 Å². The summed E-state index contributed by atoms with van der Waals surface area (Å²) in [4.78, 5) is 32.0. The van der Waals surface area contributed by atoms with E-state index in [2.05, 4.69) is 18.2 Å². The van der Waals surface area contributed by atoms with Crippen LogP contribution in [0, 0.1) is 11.3 Å². The zero-order valence-electron chi connectivity index (χ0n) is 17.4. The van der Waals surface area contributed by atoms with Gasteiger partial charge in [-0.25, -0.2) is 4.99 Å². The molecule has 1 atom stereocenters. The number of hydrogen-bond acceptors (Lipinski definition) is 5. The lowest BCUT2D eigenvalue weighted by Gasteiger charge is -2.20. The molecule has 1 aromatic carbocycles. The Morgan fingerprint density at radius 2 is 1.81 bits per heavy atom. The average Bonchev–Trinajstić information content (AvgIpc) is 3.17. The van der Waals surface area contributed by atoms with Crippen LogP contribution in [0.4, 0.5) is 5.69 Å². The SMILES string of the molecule is C=CCN(CC=C)C(=O)CC(=O)C(=N)C(C)C(=Nc1ccc(Cl)cc1Cl)c1ccc(Cl)s1. The third-order valence-electron chi connectivity index (χ3n) is 4.48. The molecule has 5 nitrogen and oxygen atoms in total. The maximum atomic E-state index is 12.8. The second kappa shape index (κ2) is 12.1. The Balaban J connectivity index is 2.33. The monoisotopic (exact) mass is 509 g/mol. The molecule has 0 radical (unpaired) electrons. The van der Waals surface area contributed by atoms with Crippen LogP contribution >= 0.6 is 46.1 Å². The van der Waals surface area contributed by atoms with Crippen molar-refractivity contribution in [2.45, 2.75) is 13.3 Å². The van der Waals surface area contributed by atoms with Crippen LogP contribution in [-0.2, 0) is 9.59 Å². The van der Waals surface area contributed by atoms with Gasteiger partial charge in [-0.2, -0.15) is 0 Å². The van der Waals surface area contributed by atoms with Gasteiger partial charge in [0.1, 0.15) is 0 Å². The molecule has 1 N–H and O–H groups in total. The number of rotatable bonds is 11. The van der Waals surface area contributed by atoms with Crippen molar-refractivity contribution in [3.05, 3.63) is 74.9 Å². The molecule has 1 heterocycles. The second-order valence-electron chi connectivity index (χ2n) is 6.81. The smallest absolute Gasteiger partial charge is 0.231 e. The summed E-state index contributed by atoms with van der Waals surface area (Å²) in [5.41, 5.74) is 0.664. The van der Waals surface area contributed by atoms with Crippen LogP contribution in [-0.4, -0.2) is 41.1 Å². The molecule has 168 valence electrons. The minimum atomic E-state index is -0.705. The van der Waals surface area contributed by atoms with Crippen LogP contribution in [0.15, 0.2) is 60.6 Å². The topological polar surface area (TPSA) is 73.6 Å². The number of aliphatic imine (C=N–C) groups is 1. The first-order valence-corrected chi connectivity index (χ1v) is 11.5. The molecule has 1 aromatic heterocycles. The number of hydrogen-bond donors (Lipinski definition) is 1. The van der Waals surface area contributed by atoms with Crippen molar-refractivity contribution in [3.63, 3.8) is 0 Å². The van der Waals surface area contributed by atoms with Gasteiger partial charge in [0.2, 0.25) is 5.91 Å². The minimum Gasteiger partial charge on any atom is -0.335 e. The number of nitrogens with zero attached hydrogens (tertiary/aromatic N) is 2. The van der Waals surface area contributed by atoms with E-state index in [1.54, 1.807) is 49.4 Å². The summed E-state index contributed by atoms with van der Waals surface area (Å²) >= 11 is 19.6. The van der Waals surface area contributed by atoms with Crippen LogP contribution in [0.5, 0.6) is 0 Å². The number of carbonyl (C=O) groups excluding carboxylic acids is 2. The average molecular weight is 511 g/mol. The van der Waals surface area contributed by atoms with E-state index in [1.165, 1.54) is 16.2 Å². The van der Waals surface area contributed by atoms with Gasteiger partial charge in [-0.3, -0.25) is 9.59 Å². The molecule has 1 unspecified atom stereocenters. The van der Waals surface area contributed by atoms with Crippen LogP contribution < -0.4 is 0 Å². The molecule has 0 saturated heterocycles. The van der Waals surface area contributed by atoms with E-state index in [4.69, 9.17) is 40.2 Å². The van der Waals surface area contributed by atoms with E-state index in [0.717, 1.165) is 0 Å². The summed E-state index contributed by atoms with van der Waals surface area (Å²) in [5, 5.41) is 9.26. The van der Waals surface area contributed by atoms with Crippen LogP contribution in [0.2, 0.25) is 14.4 Å². The van der Waals surface area contributed by atoms with Crippen molar-refractivity contribution >= 4 is 74.9 Å². The summed E-state index contributed by atoms with van der Waals surface area (Å²) in [6, 6.07) is 8.35. The molecule has 0 aliphatic heterocycles. The molecule has 2 rings (SSSR count). The molecule has 0 aliphatic rings. The third kappa shape index (κ3) is 6.87. The second-order valence-corrected chi connectivity index (χ2v) is 9.37. The van der Waals surface area contributed by atoms with Gasteiger partial charge >= 0.3 is 0 Å². The fraction of sp³-hybridized carbons (Fsp3) is 0.217. The quantitative estimate of drug-likeness (QED) is 0.209. The Hall–Kier alpha value is -2.25. The van der Waals surface area contributed by atoms with Gasteiger partial charge in [0.25, 0.3) is 0 Å². The number of ketones is 1. The van der Waals surface area contributed by atoms with Crippen molar-refractivity contribution in [2.24, 2.45) is 10.9 Å². The highest BCUT2D eigenvalue weighted by Crippen LogP contribution is 2.32. The zero-order chi connectivity index (χ0) is 23.8. The van der Waals surface area contributed by atoms with Crippen LogP contribution in [0.1, 0.15) is 18.2 Å². The van der Waals surface area contributed by atoms with E-state index in [0.29, 0.717) is 30.7 Å². The normalized spacial score (nSPS) is 12.2. The third-order valence-corrected chi connectivity index (χ3v) is 6.27. The predicted octanol–water partition coefficient (Wildman–Crippen LogP) is 6.64. The minimum absolute atomic E-state index is 0.233. The van der Waals surface area contributed by atoms with Gasteiger partial charge in [-0.15, -0.1) is 24.5 Å². The number of benzene rings is 1. The summed E-state index contributed by atoms with van der Waals surface area (Å²) in [6.45, 7) is 9.50. The maximum absolute atomic E-state index is 12.8. The van der Waals surface area contributed by atoms with E-state index >= 15 is 0 Å². The Morgan fingerprint density at radius 3 is 2.34 bits per heavy atom. The first-order valence-electron chi connectivity index (χ1n) is 9.58. The molecular formula is C23H22Cl3N3O2S. The summed E-state index contributed by atoms with van der Waals surface area (Å²) < 4.78 is 0.541. The van der Waals surface area contributed by atoms with Gasteiger partial charge in [0.05, 0.1) is 37.8 Å². The first kappa shape index (κ1) is 26.0. The fourth-order valence-corrected chi connectivity index (χ4v) is 4.40. The van der Waals surface area contributed by atoms with Crippen LogP contribution in [0.25, 0.3) is 0 Å². The van der Waals surface area contributed by atoms with Gasteiger partial charge in [-0.05, 0) is 30.3 Å². The number of carbonyl (C=O) groups is 2. The largest absolute Gasteiger partial charge is 0.335 e. The lowest BCUT2D eigenvalue weighted by atomic mass is 9.94. The zero-order valence-corrected chi connectivity index (χ0v) is 20.5. The number of halogens is 3. The van der Waals surface area contributed by atoms with Crippen molar-refractivity contribution in [1.29, 1.82) is 5.41 Å². The van der Waals surface area contributed by atoms with Gasteiger partial charge in [0.15, 0.2) is 5.78 Å². The van der Waals surface area contributed by atoms with E-state index in [-0.39, 0.29) is 18.8 Å². The summed E-state index contributed by atoms with van der Waals surface area (Å²) in [7, 11) is 0. The highest BCUT2D eigenvalue weighted by molar-refractivity contribution is 7.18. The highest BCUT2D eigenvalue weighted by atomic mass is 35.5. The summed E-state index contributed by atoms with van der Waals surface area (Å²) in [6.07, 6.45) is 2.72. The fourth-order valence-electron chi connectivity index (χ4n) is 2.83. The molecule has 0 saturated carbocycles. The number of amides is 1. The standard InChI is InChI=1S/C23H22Cl3N3O2S/c1-4-10-29(11-5-2)21(31)13-18(30)22(27)14(3)23(19-8-9-20(26)32-19)28-17-7-6-15(24)12-16(17)25/h4-9,12,14,27H,1-2,10-11,13H2,3H3. The predicted molar refractivity (Wildman–Crippen MR) is 135 cm³/mol. The van der Waals surface area contributed by atoms with Gasteiger partial charge < -0.3 is 10.3 Å². The van der Waals surface area contributed by atoms with Crippen molar-refractivity contribution in [3.8, 4) is 0 Å². The first-order chi connectivity index (χ1) is 15.2. The number of nitrogens with one attached hydrogen (secondary N) is 1. The Bertz CT molecular complexity index is 1070. The molecule has 32 heavy (non-hydrogen) atoms. The van der Waals surface area contributed by atoms with E-state index < -0.39 is 24.0 Å². The van der Waals surface area contributed by atoms with E-state index in [1.807, 2.05) is 0 Å². The lowest BCUT2D eigenvalue weighted by Crippen LogP contribution is -2.36. The Kier molecular flexibility index (Phi) is 9.84.